The van der Waals surface area contributed by atoms with Crippen molar-refractivity contribution in [3.8, 4) is 0 Å². The maximum Gasteiger partial charge on any atom is 0.311 e. The van der Waals surface area contributed by atoms with Gasteiger partial charge in [-0.25, -0.2) is 0 Å². The normalized spacial score (nSPS) is 11.7. The molecule has 0 bridgehead atoms. The lowest BCUT2D eigenvalue weighted by Gasteiger charge is -2.18. The molecule has 150 valence electrons. The van der Waals surface area contributed by atoms with Crippen molar-refractivity contribution in [3.05, 3.63) is 82.2 Å². The van der Waals surface area contributed by atoms with Crippen molar-refractivity contribution in [1.29, 1.82) is 0 Å². The van der Waals surface area contributed by atoms with Crippen LogP contribution >= 0.6 is 0 Å². The molecule has 6 nitrogen and oxygen atoms in total. The molecule has 1 atom stereocenters. The number of anilines is 1. The van der Waals surface area contributed by atoms with Crippen LogP contribution in [0.15, 0.2) is 53.1 Å². The van der Waals surface area contributed by atoms with Crippen LogP contribution in [0, 0.1) is 27.7 Å². The van der Waals surface area contributed by atoms with Gasteiger partial charge in [0.05, 0.1) is 12.1 Å². The largest absolute Gasteiger partial charge is 0.447 e. The molecule has 0 aliphatic rings. The molecule has 0 saturated heterocycles. The molecule has 0 aliphatic heterocycles. The van der Waals surface area contributed by atoms with Crippen LogP contribution in [0.3, 0.4) is 0 Å². The fourth-order valence-corrected chi connectivity index (χ4v) is 3.23. The monoisotopic (exact) mass is 392 g/mol. The number of ether oxygens (including phenoxy) is 1. The summed E-state index contributed by atoms with van der Waals surface area (Å²) in [5, 5.41) is 6.71. The molecule has 1 aromatic heterocycles. The zero-order chi connectivity index (χ0) is 21.0. The third kappa shape index (κ3) is 5.10. The van der Waals surface area contributed by atoms with E-state index in [1.807, 2.05) is 38.1 Å². The average Bonchev–Trinajstić information content (AvgIpc) is 2.98. The van der Waals surface area contributed by atoms with Crippen molar-refractivity contribution < 1.29 is 18.8 Å². The second-order valence-electron chi connectivity index (χ2n) is 7.13. The molecule has 2 aromatic carbocycles. The van der Waals surface area contributed by atoms with E-state index in [0.717, 1.165) is 11.1 Å². The number of carbonyl (C=O) groups excluding carboxylic acids is 2. The summed E-state index contributed by atoms with van der Waals surface area (Å²) in [7, 11) is 0. The van der Waals surface area contributed by atoms with Crippen molar-refractivity contribution in [3.63, 3.8) is 0 Å². The first-order chi connectivity index (χ1) is 13.8. The van der Waals surface area contributed by atoms with Crippen molar-refractivity contribution in [2.24, 2.45) is 0 Å². The molecule has 6 heteroatoms. The third-order valence-corrected chi connectivity index (χ3v) is 4.58. The Bertz CT molecular complexity index is 985. The maximum atomic E-state index is 13.0. The molecule has 0 fully saturated rings. The van der Waals surface area contributed by atoms with Gasteiger partial charge in [0.2, 0.25) is 6.10 Å². The van der Waals surface area contributed by atoms with Crippen LogP contribution in [0.4, 0.5) is 5.69 Å². The van der Waals surface area contributed by atoms with E-state index in [9.17, 15) is 9.59 Å². The summed E-state index contributed by atoms with van der Waals surface area (Å²) in [5.41, 5.74) is 4.64. The first-order valence-corrected chi connectivity index (χ1v) is 9.39. The van der Waals surface area contributed by atoms with E-state index in [4.69, 9.17) is 9.26 Å². The van der Waals surface area contributed by atoms with Crippen LogP contribution in [0.25, 0.3) is 0 Å². The number of benzene rings is 2. The van der Waals surface area contributed by atoms with Gasteiger partial charge in [0.1, 0.15) is 5.76 Å². The molecular formula is C23H24N2O4. The molecule has 0 radical (unpaired) electrons. The smallest absolute Gasteiger partial charge is 0.311 e. The van der Waals surface area contributed by atoms with Crippen LogP contribution in [0.1, 0.15) is 39.8 Å². The minimum Gasteiger partial charge on any atom is -0.447 e. The summed E-state index contributed by atoms with van der Waals surface area (Å²) < 4.78 is 10.7. The van der Waals surface area contributed by atoms with Crippen LogP contribution in [0.5, 0.6) is 0 Å². The Kier molecular flexibility index (Phi) is 6.12. The van der Waals surface area contributed by atoms with E-state index in [1.54, 1.807) is 38.1 Å². The molecule has 0 saturated carbocycles. The minimum absolute atomic E-state index is 0.0126. The van der Waals surface area contributed by atoms with Gasteiger partial charge in [-0.1, -0.05) is 41.6 Å². The van der Waals surface area contributed by atoms with Crippen LogP contribution in [0.2, 0.25) is 0 Å². The highest BCUT2D eigenvalue weighted by Gasteiger charge is 2.26. The first kappa shape index (κ1) is 20.3. The number of carbonyl (C=O) groups is 2. The molecule has 1 heterocycles. The van der Waals surface area contributed by atoms with E-state index in [-0.39, 0.29) is 6.42 Å². The summed E-state index contributed by atoms with van der Waals surface area (Å²) in [6, 6.07) is 14.7. The number of nitrogens with one attached hydrogen (secondary N) is 1. The van der Waals surface area contributed by atoms with Crippen LogP contribution in [-0.2, 0) is 20.7 Å². The topological polar surface area (TPSA) is 81.4 Å². The lowest BCUT2D eigenvalue weighted by Crippen LogP contribution is -2.26. The Balaban J connectivity index is 1.81. The lowest BCUT2D eigenvalue weighted by molar-refractivity contribution is -0.154. The zero-order valence-corrected chi connectivity index (χ0v) is 17.0. The molecule has 0 spiro atoms. The Labute approximate surface area is 169 Å². The number of aromatic nitrogens is 1. The van der Waals surface area contributed by atoms with E-state index >= 15 is 0 Å². The van der Waals surface area contributed by atoms with E-state index in [0.29, 0.717) is 28.3 Å². The highest BCUT2D eigenvalue weighted by molar-refractivity contribution is 5.96. The number of rotatable bonds is 6. The van der Waals surface area contributed by atoms with Crippen molar-refractivity contribution in [1.82, 2.24) is 5.16 Å². The van der Waals surface area contributed by atoms with Gasteiger partial charge in [0.25, 0.3) is 5.91 Å². The molecule has 1 N–H and O–H groups in total. The quantitative estimate of drug-likeness (QED) is 0.630. The summed E-state index contributed by atoms with van der Waals surface area (Å²) in [6.45, 7) is 7.42. The fourth-order valence-electron chi connectivity index (χ4n) is 3.23. The van der Waals surface area contributed by atoms with Gasteiger partial charge in [-0.15, -0.1) is 0 Å². The number of amides is 1. The van der Waals surface area contributed by atoms with Gasteiger partial charge in [0, 0.05) is 16.8 Å². The van der Waals surface area contributed by atoms with Gasteiger partial charge in [-0.2, -0.15) is 0 Å². The Morgan fingerprint density at radius 3 is 2.28 bits per heavy atom. The number of nitrogens with zero attached hydrogens (tertiary/aromatic N) is 1. The minimum atomic E-state index is -1.06. The van der Waals surface area contributed by atoms with Gasteiger partial charge < -0.3 is 14.6 Å². The predicted octanol–water partition coefficient (Wildman–Crippen LogP) is 4.37. The molecule has 29 heavy (non-hydrogen) atoms. The summed E-state index contributed by atoms with van der Waals surface area (Å²) in [5.74, 6) is -0.368. The zero-order valence-electron chi connectivity index (χ0n) is 17.0. The molecule has 3 aromatic rings. The van der Waals surface area contributed by atoms with Gasteiger partial charge in [-0.3, -0.25) is 9.59 Å². The molecule has 3 rings (SSSR count). The molecule has 1 amide bonds. The standard InChI is InChI=1S/C23H24N2O4/c1-14-10-15(2)12-19(11-14)24-23(27)22(18-8-6-5-7-9-18)28-21(26)13-20-16(3)25-29-17(20)4/h5-12,22H,13H2,1-4H3,(H,24,27). The summed E-state index contributed by atoms with van der Waals surface area (Å²) in [6.07, 6.45) is -1.08. The second-order valence-corrected chi connectivity index (χ2v) is 7.13. The van der Waals surface area contributed by atoms with Crippen molar-refractivity contribution >= 4 is 17.6 Å². The summed E-state index contributed by atoms with van der Waals surface area (Å²) >= 11 is 0. The Morgan fingerprint density at radius 1 is 1.03 bits per heavy atom. The van der Waals surface area contributed by atoms with Crippen LogP contribution < -0.4 is 5.32 Å². The molecule has 0 aliphatic carbocycles. The lowest BCUT2D eigenvalue weighted by atomic mass is 10.1. The van der Waals surface area contributed by atoms with E-state index in [1.165, 1.54) is 0 Å². The van der Waals surface area contributed by atoms with Crippen molar-refractivity contribution in [2.75, 3.05) is 5.32 Å². The average molecular weight is 392 g/mol. The highest BCUT2D eigenvalue weighted by atomic mass is 16.5. The second kappa shape index (κ2) is 8.73. The van der Waals surface area contributed by atoms with Crippen molar-refractivity contribution in [2.45, 2.75) is 40.2 Å². The SMILES string of the molecule is Cc1cc(C)cc(NC(=O)C(OC(=O)Cc2c(C)noc2C)c2ccccc2)c1. The predicted molar refractivity (Wildman–Crippen MR) is 110 cm³/mol. The maximum absolute atomic E-state index is 13.0. The third-order valence-electron chi connectivity index (χ3n) is 4.58. The van der Waals surface area contributed by atoms with E-state index in [2.05, 4.69) is 10.5 Å². The number of hydrogen-bond acceptors (Lipinski definition) is 5. The van der Waals surface area contributed by atoms with Gasteiger partial charge >= 0.3 is 5.97 Å². The summed E-state index contributed by atoms with van der Waals surface area (Å²) in [4.78, 5) is 25.6. The fraction of sp³-hybridized carbons (Fsp3) is 0.261. The number of aryl methyl sites for hydroxylation is 4. The molecule has 1 unspecified atom stereocenters. The highest BCUT2D eigenvalue weighted by Crippen LogP contribution is 2.23. The first-order valence-electron chi connectivity index (χ1n) is 9.39. The van der Waals surface area contributed by atoms with E-state index < -0.39 is 18.0 Å². The van der Waals surface area contributed by atoms with Crippen LogP contribution in [-0.4, -0.2) is 17.0 Å². The Morgan fingerprint density at radius 2 is 1.69 bits per heavy atom. The Hall–Kier alpha value is -3.41. The number of esters is 1. The van der Waals surface area contributed by atoms with Gasteiger partial charge in [-0.05, 0) is 51.0 Å². The molecular weight excluding hydrogens is 368 g/mol. The van der Waals surface area contributed by atoms with Gasteiger partial charge in [0.15, 0.2) is 0 Å². The number of hydrogen-bond donors (Lipinski definition) is 1.